The second-order valence-corrected chi connectivity index (χ2v) is 11.1. The van der Waals surface area contributed by atoms with Crippen molar-refractivity contribution in [2.75, 3.05) is 6.61 Å². The van der Waals surface area contributed by atoms with Crippen LogP contribution in [0, 0.1) is 0 Å². The van der Waals surface area contributed by atoms with Crippen LogP contribution in [0.1, 0.15) is 40.9 Å². The average molecular weight is 605 g/mol. The Balaban J connectivity index is 1.09. The van der Waals surface area contributed by atoms with Gasteiger partial charge in [-0.15, -0.1) is 0 Å². The number of alkyl carbamates (subject to hydrolysis) is 1. The standard InChI is InChI=1S/C36H36N4O5/c41-35(44-24-26-9-3-1-4-10-26)33(39-36(42)45-25-27-11-5-2-6-12-27)23-40-34-18-17-31(21-29(34)22-37-40)43-20-19-30-16-15-28-13-7-8-14-32(28)38-30/h1-6,9-12,15-18,21-22,33H,7-8,13-14,19-20,23-25H2,(H,39,42). The van der Waals surface area contributed by atoms with Crippen molar-refractivity contribution >= 4 is 23.0 Å². The summed E-state index contributed by atoms with van der Waals surface area (Å²) in [6, 6.07) is 27.7. The van der Waals surface area contributed by atoms with E-state index in [9.17, 15) is 9.59 Å². The minimum atomic E-state index is -1.03. The van der Waals surface area contributed by atoms with E-state index in [0.717, 1.165) is 52.7 Å². The lowest BCUT2D eigenvalue weighted by molar-refractivity contribution is -0.147. The van der Waals surface area contributed by atoms with Gasteiger partial charge in [-0.25, -0.2) is 9.59 Å². The van der Waals surface area contributed by atoms with Gasteiger partial charge >= 0.3 is 12.1 Å². The van der Waals surface area contributed by atoms with Gasteiger partial charge in [-0.3, -0.25) is 9.67 Å². The third kappa shape index (κ3) is 8.06. The molecule has 230 valence electrons. The van der Waals surface area contributed by atoms with Crippen LogP contribution in [-0.2, 0) is 53.3 Å². The third-order valence-electron chi connectivity index (χ3n) is 7.84. The molecule has 0 spiro atoms. The van der Waals surface area contributed by atoms with Crippen LogP contribution < -0.4 is 10.1 Å². The maximum absolute atomic E-state index is 13.2. The molecule has 1 aliphatic carbocycles. The minimum absolute atomic E-state index is 0.0573. The van der Waals surface area contributed by atoms with Gasteiger partial charge in [-0.2, -0.15) is 5.10 Å². The number of fused-ring (bicyclic) bond motifs is 2. The number of hydrogen-bond acceptors (Lipinski definition) is 7. The molecule has 1 atom stereocenters. The number of aromatic nitrogens is 3. The summed E-state index contributed by atoms with van der Waals surface area (Å²) in [6.07, 6.45) is 6.35. The molecule has 1 aliphatic rings. The van der Waals surface area contributed by atoms with Crippen LogP contribution in [0.25, 0.3) is 10.9 Å². The van der Waals surface area contributed by atoms with Gasteiger partial charge in [-0.05, 0) is 66.6 Å². The first-order valence-corrected chi connectivity index (χ1v) is 15.3. The van der Waals surface area contributed by atoms with E-state index in [1.165, 1.54) is 24.1 Å². The highest BCUT2D eigenvalue weighted by molar-refractivity contribution is 5.83. The number of esters is 1. The number of carbonyl (C=O) groups excluding carboxylic acids is 2. The Labute approximate surface area is 262 Å². The molecule has 0 saturated carbocycles. The van der Waals surface area contributed by atoms with Crippen molar-refractivity contribution in [3.63, 3.8) is 0 Å². The van der Waals surface area contributed by atoms with E-state index in [4.69, 9.17) is 19.2 Å². The maximum atomic E-state index is 13.2. The fourth-order valence-corrected chi connectivity index (χ4v) is 5.43. The molecule has 9 nitrogen and oxygen atoms in total. The van der Waals surface area contributed by atoms with E-state index in [-0.39, 0.29) is 19.8 Å². The van der Waals surface area contributed by atoms with Gasteiger partial charge in [-0.1, -0.05) is 66.7 Å². The Hall–Kier alpha value is -5.18. The molecule has 1 amide bonds. The number of pyridine rings is 1. The minimum Gasteiger partial charge on any atom is -0.493 e. The number of ether oxygens (including phenoxy) is 3. The third-order valence-corrected chi connectivity index (χ3v) is 7.84. The molecule has 0 saturated heterocycles. The molecule has 6 rings (SSSR count). The summed E-state index contributed by atoms with van der Waals surface area (Å²) in [6.45, 7) is 0.727. The smallest absolute Gasteiger partial charge is 0.408 e. The second-order valence-electron chi connectivity index (χ2n) is 11.1. The zero-order valence-electron chi connectivity index (χ0n) is 25.1. The molecule has 2 aromatic heterocycles. The molecule has 5 aromatic rings. The number of nitrogens with one attached hydrogen (secondary N) is 1. The fraction of sp³-hybridized carbons (Fsp3) is 0.278. The van der Waals surface area contributed by atoms with Crippen LogP contribution >= 0.6 is 0 Å². The van der Waals surface area contributed by atoms with Gasteiger partial charge < -0.3 is 19.5 Å². The summed E-state index contributed by atoms with van der Waals surface area (Å²) in [5, 5.41) is 8.02. The number of aryl methyl sites for hydroxylation is 2. The Morgan fingerprint density at radius 3 is 2.36 bits per heavy atom. The van der Waals surface area contributed by atoms with Gasteiger partial charge in [0.15, 0.2) is 0 Å². The Bertz CT molecular complexity index is 1740. The first kappa shape index (κ1) is 29.9. The number of hydrogen-bond donors (Lipinski definition) is 1. The van der Waals surface area contributed by atoms with Crippen LogP contribution in [-0.4, -0.2) is 39.5 Å². The second kappa shape index (κ2) is 14.5. The lowest BCUT2D eigenvalue weighted by Crippen LogP contribution is -2.45. The highest BCUT2D eigenvalue weighted by Crippen LogP contribution is 2.23. The average Bonchev–Trinajstić information content (AvgIpc) is 3.48. The Kier molecular flexibility index (Phi) is 9.64. The van der Waals surface area contributed by atoms with Crippen molar-refractivity contribution in [3.8, 4) is 5.75 Å². The molecule has 45 heavy (non-hydrogen) atoms. The molecule has 0 bridgehead atoms. The number of nitrogens with zero attached hydrogens (tertiary/aromatic N) is 3. The first-order valence-electron chi connectivity index (χ1n) is 15.3. The Morgan fingerprint density at radius 2 is 1.58 bits per heavy atom. The van der Waals surface area contributed by atoms with E-state index in [1.54, 1.807) is 10.9 Å². The molecule has 3 aromatic carbocycles. The molecular formula is C36H36N4O5. The van der Waals surface area contributed by atoms with Gasteiger partial charge in [0.25, 0.3) is 0 Å². The van der Waals surface area contributed by atoms with E-state index < -0.39 is 18.1 Å². The van der Waals surface area contributed by atoms with Gasteiger partial charge in [0.1, 0.15) is 25.0 Å². The van der Waals surface area contributed by atoms with E-state index >= 15 is 0 Å². The number of rotatable bonds is 12. The summed E-state index contributed by atoms with van der Waals surface area (Å²) in [5.74, 6) is 0.136. The lowest BCUT2D eigenvalue weighted by atomic mass is 9.96. The van der Waals surface area contributed by atoms with Crippen LogP contribution in [0.2, 0.25) is 0 Å². The summed E-state index contributed by atoms with van der Waals surface area (Å²) >= 11 is 0. The molecule has 1 N–H and O–H groups in total. The van der Waals surface area contributed by atoms with Crippen molar-refractivity contribution in [1.29, 1.82) is 0 Å². The number of carbonyl (C=O) groups is 2. The van der Waals surface area contributed by atoms with Crippen LogP contribution in [0.3, 0.4) is 0 Å². The molecule has 1 unspecified atom stereocenters. The molecule has 0 radical (unpaired) electrons. The monoisotopic (exact) mass is 604 g/mol. The zero-order valence-corrected chi connectivity index (χ0v) is 25.1. The fourth-order valence-electron chi connectivity index (χ4n) is 5.43. The van der Waals surface area contributed by atoms with Gasteiger partial charge in [0, 0.05) is 23.2 Å². The largest absolute Gasteiger partial charge is 0.493 e. The normalized spacial score (nSPS) is 13.1. The van der Waals surface area contributed by atoms with Crippen molar-refractivity contribution in [1.82, 2.24) is 20.1 Å². The maximum Gasteiger partial charge on any atom is 0.408 e. The highest BCUT2D eigenvalue weighted by Gasteiger charge is 2.25. The summed E-state index contributed by atoms with van der Waals surface area (Å²) in [7, 11) is 0. The quantitative estimate of drug-likeness (QED) is 0.175. The van der Waals surface area contributed by atoms with Crippen molar-refractivity contribution in [3.05, 3.63) is 125 Å². The topological polar surface area (TPSA) is 105 Å². The SMILES string of the molecule is O=C(NC(Cn1ncc2cc(OCCc3ccc4c(n3)CCCC4)ccc21)C(=O)OCc1ccccc1)OCc1ccccc1. The van der Waals surface area contributed by atoms with E-state index in [2.05, 4.69) is 22.5 Å². The van der Waals surface area contributed by atoms with E-state index in [1.807, 2.05) is 78.9 Å². The van der Waals surface area contributed by atoms with Crippen LogP contribution in [0.15, 0.2) is 97.2 Å². The lowest BCUT2D eigenvalue weighted by Gasteiger charge is -2.18. The molecule has 0 fully saturated rings. The van der Waals surface area contributed by atoms with Crippen molar-refractivity contribution < 1.29 is 23.8 Å². The molecule has 2 heterocycles. The van der Waals surface area contributed by atoms with Crippen molar-refractivity contribution in [2.45, 2.75) is 57.9 Å². The Morgan fingerprint density at radius 1 is 0.844 bits per heavy atom. The van der Waals surface area contributed by atoms with E-state index in [0.29, 0.717) is 6.61 Å². The van der Waals surface area contributed by atoms with Crippen molar-refractivity contribution in [2.24, 2.45) is 0 Å². The number of amides is 1. The van der Waals surface area contributed by atoms with Gasteiger partial charge in [0.2, 0.25) is 0 Å². The summed E-state index contributed by atoms with van der Waals surface area (Å²) in [5.41, 5.74) is 6.12. The number of benzene rings is 3. The zero-order chi connectivity index (χ0) is 30.8. The summed E-state index contributed by atoms with van der Waals surface area (Å²) in [4.78, 5) is 30.8. The molecule has 9 heteroatoms. The first-order chi connectivity index (χ1) is 22.1. The molecular weight excluding hydrogens is 568 g/mol. The summed E-state index contributed by atoms with van der Waals surface area (Å²) < 4.78 is 18.7. The predicted octanol–water partition coefficient (Wildman–Crippen LogP) is 5.97. The molecule has 0 aliphatic heterocycles. The van der Waals surface area contributed by atoms with Gasteiger partial charge in [0.05, 0.1) is 24.9 Å². The predicted molar refractivity (Wildman–Crippen MR) is 170 cm³/mol. The van der Waals surface area contributed by atoms with Crippen LogP contribution in [0.5, 0.6) is 5.75 Å². The highest BCUT2D eigenvalue weighted by atomic mass is 16.6. The van der Waals surface area contributed by atoms with Crippen LogP contribution in [0.4, 0.5) is 4.79 Å².